The van der Waals surface area contributed by atoms with E-state index in [9.17, 15) is 4.79 Å². The standard InChI is InChI=1S/C20H23N3O2S.ClH/c1-22(2)11-12-23(19(24)13-15-7-5-4-6-8-15)20-21-17-14-16(25-3)9-10-18(17)26-20;/h4-10,14H,11-13H2,1-3H3;1H. The SMILES string of the molecule is COc1ccc2sc(N(CCN(C)C)C(=O)Cc3ccccc3)nc2c1.Cl. The number of halogens is 1. The van der Waals surface area contributed by atoms with Crippen molar-refractivity contribution < 1.29 is 9.53 Å². The van der Waals surface area contributed by atoms with Gasteiger partial charge in [-0.2, -0.15) is 0 Å². The monoisotopic (exact) mass is 405 g/mol. The van der Waals surface area contributed by atoms with Crippen molar-refractivity contribution >= 4 is 45.0 Å². The zero-order valence-corrected chi connectivity index (χ0v) is 17.3. The van der Waals surface area contributed by atoms with Gasteiger partial charge in [0.1, 0.15) is 5.75 Å². The maximum atomic E-state index is 13.0. The summed E-state index contributed by atoms with van der Waals surface area (Å²) in [5.74, 6) is 0.828. The number of amides is 1. The zero-order valence-electron chi connectivity index (χ0n) is 15.7. The number of hydrogen-bond acceptors (Lipinski definition) is 5. The number of anilines is 1. The van der Waals surface area contributed by atoms with E-state index in [-0.39, 0.29) is 18.3 Å². The first kappa shape index (κ1) is 21.2. The number of aromatic nitrogens is 1. The quantitative estimate of drug-likeness (QED) is 0.598. The molecular formula is C20H24ClN3O2S. The van der Waals surface area contributed by atoms with Gasteiger partial charge in [-0.05, 0) is 31.8 Å². The van der Waals surface area contributed by atoms with Crippen LogP contribution in [0.1, 0.15) is 5.56 Å². The van der Waals surface area contributed by atoms with Crippen LogP contribution in [-0.2, 0) is 11.2 Å². The molecule has 0 spiro atoms. The van der Waals surface area contributed by atoms with Gasteiger partial charge in [0.15, 0.2) is 5.13 Å². The Hall–Kier alpha value is -2.15. The number of likely N-dealkylation sites (N-methyl/N-ethyl adjacent to an activating group) is 1. The molecule has 3 aromatic rings. The molecule has 0 aliphatic carbocycles. The molecule has 0 bridgehead atoms. The van der Waals surface area contributed by atoms with E-state index in [2.05, 4.69) is 9.88 Å². The number of methoxy groups -OCH3 is 1. The Balaban J connectivity index is 0.00000261. The van der Waals surface area contributed by atoms with Crippen LogP contribution < -0.4 is 9.64 Å². The van der Waals surface area contributed by atoms with Crippen LogP contribution in [0.2, 0.25) is 0 Å². The van der Waals surface area contributed by atoms with Gasteiger partial charge in [-0.15, -0.1) is 12.4 Å². The molecule has 0 aliphatic heterocycles. The maximum absolute atomic E-state index is 13.0. The third-order valence-electron chi connectivity index (χ3n) is 4.08. The second-order valence-corrected chi connectivity index (χ2v) is 7.35. The van der Waals surface area contributed by atoms with E-state index in [1.54, 1.807) is 12.0 Å². The van der Waals surface area contributed by atoms with Crippen molar-refractivity contribution in [2.24, 2.45) is 0 Å². The van der Waals surface area contributed by atoms with Crippen LogP contribution in [0.25, 0.3) is 10.2 Å². The van der Waals surface area contributed by atoms with Crippen molar-refractivity contribution in [1.82, 2.24) is 9.88 Å². The van der Waals surface area contributed by atoms with Crippen LogP contribution in [-0.4, -0.2) is 50.1 Å². The van der Waals surface area contributed by atoms with Gasteiger partial charge in [0, 0.05) is 19.2 Å². The summed E-state index contributed by atoms with van der Waals surface area (Å²) in [4.78, 5) is 21.5. The number of thiazole rings is 1. The molecule has 0 aliphatic rings. The highest BCUT2D eigenvalue weighted by Crippen LogP contribution is 2.31. The van der Waals surface area contributed by atoms with Crippen LogP contribution in [0.4, 0.5) is 5.13 Å². The Morgan fingerprint density at radius 1 is 1.11 bits per heavy atom. The van der Waals surface area contributed by atoms with Gasteiger partial charge in [0.25, 0.3) is 0 Å². The normalized spacial score (nSPS) is 10.7. The number of fused-ring (bicyclic) bond motifs is 1. The van der Waals surface area contributed by atoms with Crippen LogP contribution in [0.3, 0.4) is 0 Å². The van der Waals surface area contributed by atoms with E-state index in [0.717, 1.165) is 33.2 Å². The lowest BCUT2D eigenvalue weighted by molar-refractivity contribution is -0.118. The van der Waals surface area contributed by atoms with Crippen molar-refractivity contribution in [2.75, 3.05) is 39.2 Å². The van der Waals surface area contributed by atoms with Crippen LogP contribution >= 0.6 is 23.7 Å². The van der Waals surface area contributed by atoms with E-state index >= 15 is 0 Å². The lowest BCUT2D eigenvalue weighted by Crippen LogP contribution is -2.37. The first-order valence-electron chi connectivity index (χ1n) is 8.50. The van der Waals surface area contributed by atoms with E-state index in [1.807, 2.05) is 62.6 Å². The number of ether oxygens (including phenoxy) is 1. The first-order chi connectivity index (χ1) is 12.6. The Labute approximate surface area is 170 Å². The highest BCUT2D eigenvalue weighted by Gasteiger charge is 2.20. The second kappa shape index (κ2) is 9.69. The van der Waals surface area contributed by atoms with Crippen molar-refractivity contribution in [1.29, 1.82) is 0 Å². The number of carbonyl (C=O) groups is 1. The fourth-order valence-electron chi connectivity index (χ4n) is 2.63. The summed E-state index contributed by atoms with van der Waals surface area (Å²) in [5, 5.41) is 0.732. The average molecular weight is 406 g/mol. The lowest BCUT2D eigenvalue weighted by Gasteiger charge is -2.22. The van der Waals surface area contributed by atoms with Crippen LogP contribution in [0, 0.1) is 0 Å². The van der Waals surface area contributed by atoms with Crippen molar-refractivity contribution in [3.05, 3.63) is 54.1 Å². The molecule has 1 aromatic heterocycles. The fourth-order valence-corrected chi connectivity index (χ4v) is 3.62. The minimum Gasteiger partial charge on any atom is -0.497 e. The molecule has 0 radical (unpaired) electrons. The Morgan fingerprint density at radius 3 is 2.52 bits per heavy atom. The Kier molecular flexibility index (Phi) is 7.59. The minimum atomic E-state index is 0. The molecule has 1 amide bonds. The van der Waals surface area contributed by atoms with E-state index in [0.29, 0.717) is 13.0 Å². The molecule has 0 unspecified atom stereocenters. The van der Waals surface area contributed by atoms with E-state index in [4.69, 9.17) is 4.74 Å². The van der Waals surface area contributed by atoms with Gasteiger partial charge in [-0.25, -0.2) is 4.98 Å². The molecule has 1 heterocycles. The number of rotatable bonds is 7. The number of hydrogen-bond donors (Lipinski definition) is 0. The molecule has 2 aromatic carbocycles. The molecular weight excluding hydrogens is 382 g/mol. The molecule has 3 rings (SSSR count). The Morgan fingerprint density at radius 2 is 1.85 bits per heavy atom. The topological polar surface area (TPSA) is 45.7 Å². The Bertz CT molecular complexity index is 883. The number of nitrogens with zero attached hydrogens (tertiary/aromatic N) is 3. The summed E-state index contributed by atoms with van der Waals surface area (Å²) < 4.78 is 6.32. The van der Waals surface area contributed by atoms with Gasteiger partial charge < -0.3 is 9.64 Å². The van der Waals surface area contributed by atoms with Gasteiger partial charge in [-0.1, -0.05) is 41.7 Å². The molecule has 0 N–H and O–H groups in total. The smallest absolute Gasteiger partial charge is 0.233 e. The van der Waals surface area contributed by atoms with Crippen LogP contribution in [0.5, 0.6) is 5.75 Å². The van der Waals surface area contributed by atoms with Gasteiger partial charge in [0.05, 0.1) is 23.7 Å². The van der Waals surface area contributed by atoms with Crippen molar-refractivity contribution in [3.8, 4) is 5.75 Å². The van der Waals surface area contributed by atoms with Gasteiger partial charge in [-0.3, -0.25) is 9.69 Å². The number of carbonyl (C=O) groups excluding carboxylic acids is 1. The predicted molar refractivity (Wildman–Crippen MR) is 114 cm³/mol. The molecule has 144 valence electrons. The summed E-state index contributed by atoms with van der Waals surface area (Å²) >= 11 is 1.54. The third-order valence-corrected chi connectivity index (χ3v) is 5.14. The molecule has 0 atom stereocenters. The average Bonchev–Trinajstić information content (AvgIpc) is 3.05. The number of benzene rings is 2. The minimum absolute atomic E-state index is 0. The lowest BCUT2D eigenvalue weighted by atomic mass is 10.1. The summed E-state index contributed by atoms with van der Waals surface area (Å²) in [6, 6.07) is 15.6. The third kappa shape index (κ3) is 5.42. The van der Waals surface area contributed by atoms with Crippen molar-refractivity contribution in [3.63, 3.8) is 0 Å². The molecule has 0 saturated heterocycles. The summed E-state index contributed by atoms with van der Waals surface area (Å²) in [7, 11) is 5.65. The molecule has 0 fully saturated rings. The molecule has 0 saturated carbocycles. The van der Waals surface area contributed by atoms with E-state index < -0.39 is 0 Å². The first-order valence-corrected chi connectivity index (χ1v) is 9.32. The predicted octanol–water partition coefficient (Wildman–Crippen LogP) is 3.86. The van der Waals surface area contributed by atoms with E-state index in [1.165, 1.54) is 11.3 Å². The summed E-state index contributed by atoms with van der Waals surface area (Å²) in [5.41, 5.74) is 1.86. The van der Waals surface area contributed by atoms with Crippen molar-refractivity contribution in [2.45, 2.75) is 6.42 Å². The fraction of sp³-hybridized carbons (Fsp3) is 0.300. The summed E-state index contributed by atoms with van der Waals surface area (Å²) in [6.45, 7) is 1.38. The van der Waals surface area contributed by atoms with Gasteiger partial charge >= 0.3 is 0 Å². The highest BCUT2D eigenvalue weighted by atomic mass is 35.5. The van der Waals surface area contributed by atoms with Gasteiger partial charge in [0.2, 0.25) is 5.91 Å². The molecule has 27 heavy (non-hydrogen) atoms. The molecule has 5 nitrogen and oxygen atoms in total. The largest absolute Gasteiger partial charge is 0.497 e. The molecule has 7 heteroatoms. The second-order valence-electron chi connectivity index (χ2n) is 6.34. The maximum Gasteiger partial charge on any atom is 0.233 e. The summed E-state index contributed by atoms with van der Waals surface area (Å²) in [6.07, 6.45) is 0.369. The zero-order chi connectivity index (χ0) is 18.5. The van der Waals surface area contributed by atoms with Crippen LogP contribution in [0.15, 0.2) is 48.5 Å². The highest BCUT2D eigenvalue weighted by molar-refractivity contribution is 7.22.